The highest BCUT2D eigenvalue weighted by Gasteiger charge is 2.13. The fraction of sp³-hybridized carbons (Fsp3) is 0.0714. The van der Waals surface area contributed by atoms with Crippen LogP contribution in [0.3, 0.4) is 0 Å². The van der Waals surface area contributed by atoms with E-state index in [1.165, 1.54) is 5.56 Å². The standard InChI is InChI=1S/C14H12IN3/c1-9-5-4-7-11-13(9)18(14(16)17-11)12-8-3-2-6-10(12)15/h2-8H,1H3,(H2,16,17). The van der Waals surface area contributed by atoms with E-state index in [0.717, 1.165) is 20.3 Å². The molecule has 0 saturated heterocycles. The van der Waals surface area contributed by atoms with Crippen LogP contribution in [0.2, 0.25) is 0 Å². The van der Waals surface area contributed by atoms with Crippen LogP contribution >= 0.6 is 22.6 Å². The molecule has 1 heterocycles. The van der Waals surface area contributed by atoms with Crippen molar-refractivity contribution in [3.8, 4) is 5.69 Å². The third-order valence-corrected chi connectivity index (χ3v) is 3.91. The topological polar surface area (TPSA) is 43.8 Å². The van der Waals surface area contributed by atoms with E-state index < -0.39 is 0 Å². The van der Waals surface area contributed by atoms with Crippen LogP contribution in [0, 0.1) is 10.5 Å². The fourth-order valence-corrected chi connectivity index (χ4v) is 2.82. The highest BCUT2D eigenvalue weighted by atomic mass is 127. The van der Waals surface area contributed by atoms with Gasteiger partial charge in [0.25, 0.3) is 0 Å². The number of halogens is 1. The highest BCUT2D eigenvalue weighted by Crippen LogP contribution is 2.27. The second-order valence-corrected chi connectivity index (χ2v) is 5.36. The molecule has 2 N–H and O–H groups in total. The molecule has 90 valence electrons. The summed E-state index contributed by atoms with van der Waals surface area (Å²) in [5.74, 6) is 0.531. The molecule has 0 aliphatic rings. The Morgan fingerprint density at radius 3 is 2.67 bits per heavy atom. The van der Waals surface area contributed by atoms with Crippen molar-refractivity contribution >= 4 is 39.6 Å². The number of aromatic nitrogens is 2. The number of anilines is 1. The van der Waals surface area contributed by atoms with Crippen molar-refractivity contribution in [1.82, 2.24) is 9.55 Å². The molecule has 3 aromatic rings. The second-order valence-electron chi connectivity index (χ2n) is 4.20. The fourth-order valence-electron chi connectivity index (χ4n) is 2.19. The lowest BCUT2D eigenvalue weighted by molar-refractivity contribution is 1.09. The van der Waals surface area contributed by atoms with Gasteiger partial charge in [-0.05, 0) is 53.3 Å². The molecule has 18 heavy (non-hydrogen) atoms. The van der Waals surface area contributed by atoms with Gasteiger partial charge in [-0.3, -0.25) is 4.57 Å². The average Bonchev–Trinajstić information content (AvgIpc) is 2.68. The number of benzene rings is 2. The van der Waals surface area contributed by atoms with Crippen molar-refractivity contribution in [2.75, 3.05) is 5.73 Å². The smallest absolute Gasteiger partial charge is 0.205 e. The van der Waals surface area contributed by atoms with Crippen molar-refractivity contribution in [3.05, 3.63) is 51.6 Å². The molecule has 0 aliphatic heterocycles. The first-order valence-corrected chi connectivity index (χ1v) is 6.75. The molecular formula is C14H12IN3. The Morgan fingerprint density at radius 1 is 1.11 bits per heavy atom. The van der Waals surface area contributed by atoms with E-state index in [0.29, 0.717) is 5.95 Å². The molecule has 0 atom stereocenters. The van der Waals surface area contributed by atoms with Crippen LogP contribution in [0.25, 0.3) is 16.7 Å². The van der Waals surface area contributed by atoms with E-state index in [1.807, 2.05) is 28.8 Å². The first kappa shape index (κ1) is 11.5. The van der Waals surface area contributed by atoms with Gasteiger partial charge in [-0.2, -0.15) is 0 Å². The Labute approximate surface area is 119 Å². The Morgan fingerprint density at radius 2 is 1.89 bits per heavy atom. The highest BCUT2D eigenvalue weighted by molar-refractivity contribution is 14.1. The van der Waals surface area contributed by atoms with Gasteiger partial charge in [0.1, 0.15) is 0 Å². The summed E-state index contributed by atoms with van der Waals surface area (Å²) < 4.78 is 3.18. The lowest BCUT2D eigenvalue weighted by atomic mass is 10.2. The summed E-state index contributed by atoms with van der Waals surface area (Å²) in [6.07, 6.45) is 0. The molecule has 0 radical (unpaired) electrons. The van der Waals surface area contributed by atoms with Gasteiger partial charge in [0.05, 0.1) is 16.7 Å². The zero-order valence-electron chi connectivity index (χ0n) is 9.89. The summed E-state index contributed by atoms with van der Waals surface area (Å²) in [6, 6.07) is 14.2. The molecule has 0 amide bonds. The zero-order chi connectivity index (χ0) is 12.7. The van der Waals surface area contributed by atoms with Crippen LogP contribution < -0.4 is 5.73 Å². The third-order valence-electron chi connectivity index (χ3n) is 3.00. The maximum atomic E-state index is 6.07. The number of nitrogen functional groups attached to an aromatic ring is 1. The number of imidazole rings is 1. The van der Waals surface area contributed by atoms with Gasteiger partial charge in [-0.1, -0.05) is 24.3 Å². The molecule has 0 aliphatic carbocycles. The minimum atomic E-state index is 0.531. The van der Waals surface area contributed by atoms with E-state index in [9.17, 15) is 0 Å². The maximum Gasteiger partial charge on any atom is 0.205 e. The molecule has 3 rings (SSSR count). The summed E-state index contributed by atoms with van der Waals surface area (Å²) in [6.45, 7) is 2.08. The van der Waals surface area contributed by atoms with Crippen LogP contribution in [0.5, 0.6) is 0 Å². The van der Waals surface area contributed by atoms with Crippen molar-refractivity contribution in [2.24, 2.45) is 0 Å². The minimum absolute atomic E-state index is 0.531. The molecule has 0 spiro atoms. The largest absolute Gasteiger partial charge is 0.369 e. The van der Waals surface area contributed by atoms with Gasteiger partial charge < -0.3 is 5.73 Å². The first-order valence-electron chi connectivity index (χ1n) is 5.67. The quantitative estimate of drug-likeness (QED) is 0.683. The van der Waals surface area contributed by atoms with Crippen molar-refractivity contribution in [2.45, 2.75) is 6.92 Å². The molecule has 1 aromatic heterocycles. The van der Waals surface area contributed by atoms with E-state index in [2.05, 4.69) is 52.7 Å². The maximum absolute atomic E-state index is 6.07. The SMILES string of the molecule is Cc1cccc2nc(N)n(-c3ccccc3I)c12. The lowest BCUT2D eigenvalue weighted by Gasteiger charge is -2.09. The normalized spacial score (nSPS) is 11.0. The predicted molar refractivity (Wildman–Crippen MR) is 82.9 cm³/mol. The van der Waals surface area contributed by atoms with E-state index in [1.54, 1.807) is 0 Å². The summed E-state index contributed by atoms with van der Waals surface area (Å²) in [4.78, 5) is 4.43. The number of aryl methyl sites for hydroxylation is 1. The number of hydrogen-bond donors (Lipinski definition) is 1. The monoisotopic (exact) mass is 349 g/mol. The van der Waals surface area contributed by atoms with E-state index in [-0.39, 0.29) is 0 Å². The Bertz CT molecular complexity index is 731. The van der Waals surface area contributed by atoms with Crippen LogP contribution in [0.15, 0.2) is 42.5 Å². The van der Waals surface area contributed by atoms with Gasteiger partial charge in [-0.25, -0.2) is 4.98 Å². The van der Waals surface area contributed by atoms with E-state index in [4.69, 9.17) is 5.73 Å². The van der Waals surface area contributed by atoms with Crippen molar-refractivity contribution < 1.29 is 0 Å². The van der Waals surface area contributed by atoms with Gasteiger partial charge >= 0.3 is 0 Å². The lowest BCUT2D eigenvalue weighted by Crippen LogP contribution is -2.02. The van der Waals surface area contributed by atoms with Crippen LogP contribution in [-0.2, 0) is 0 Å². The van der Waals surface area contributed by atoms with Gasteiger partial charge in [0, 0.05) is 3.57 Å². The molecule has 0 fully saturated rings. The molecule has 3 nitrogen and oxygen atoms in total. The number of para-hydroxylation sites is 2. The Hall–Kier alpha value is -1.56. The minimum Gasteiger partial charge on any atom is -0.369 e. The molecule has 4 heteroatoms. The van der Waals surface area contributed by atoms with Gasteiger partial charge in [0.2, 0.25) is 5.95 Å². The molecule has 0 saturated carbocycles. The van der Waals surface area contributed by atoms with Gasteiger partial charge in [-0.15, -0.1) is 0 Å². The number of nitrogens with zero attached hydrogens (tertiary/aromatic N) is 2. The summed E-state index contributed by atoms with van der Waals surface area (Å²) >= 11 is 2.32. The number of hydrogen-bond acceptors (Lipinski definition) is 2. The number of rotatable bonds is 1. The van der Waals surface area contributed by atoms with Crippen molar-refractivity contribution in [1.29, 1.82) is 0 Å². The van der Waals surface area contributed by atoms with Gasteiger partial charge in [0.15, 0.2) is 0 Å². The number of nitrogens with two attached hydrogens (primary N) is 1. The summed E-state index contributed by atoms with van der Waals surface area (Å²) in [5.41, 5.74) is 10.3. The molecule has 0 bridgehead atoms. The Kier molecular flexibility index (Phi) is 2.74. The first-order chi connectivity index (χ1) is 8.68. The molecular weight excluding hydrogens is 337 g/mol. The van der Waals surface area contributed by atoms with Crippen LogP contribution in [-0.4, -0.2) is 9.55 Å². The second kappa shape index (κ2) is 4.28. The zero-order valence-corrected chi connectivity index (χ0v) is 12.0. The summed E-state index contributed by atoms with van der Waals surface area (Å²) in [7, 11) is 0. The number of fused-ring (bicyclic) bond motifs is 1. The van der Waals surface area contributed by atoms with Crippen LogP contribution in [0.4, 0.5) is 5.95 Å². The molecule has 0 unspecified atom stereocenters. The summed E-state index contributed by atoms with van der Waals surface area (Å²) in [5, 5.41) is 0. The molecule has 2 aromatic carbocycles. The predicted octanol–water partition coefficient (Wildman–Crippen LogP) is 3.52. The average molecular weight is 349 g/mol. The third kappa shape index (κ3) is 1.68. The van der Waals surface area contributed by atoms with Crippen LogP contribution in [0.1, 0.15) is 5.56 Å². The van der Waals surface area contributed by atoms with E-state index >= 15 is 0 Å². The Balaban J connectivity index is 2.43. The van der Waals surface area contributed by atoms with Crippen molar-refractivity contribution in [3.63, 3.8) is 0 Å².